The van der Waals surface area contributed by atoms with Gasteiger partial charge in [0.1, 0.15) is 0 Å². The molecule has 0 atom stereocenters. The third kappa shape index (κ3) is 3.58. The molecule has 1 N–H and O–H groups in total. The van der Waals surface area contributed by atoms with E-state index in [0.717, 1.165) is 24.7 Å². The third-order valence-electron chi connectivity index (χ3n) is 3.69. The van der Waals surface area contributed by atoms with Gasteiger partial charge in [0.2, 0.25) is 5.95 Å². The van der Waals surface area contributed by atoms with E-state index in [2.05, 4.69) is 25.2 Å². The Bertz CT molecular complexity index is 625. The monoisotopic (exact) mass is 297 g/mol. The molecule has 3 rings (SSSR count). The summed E-state index contributed by atoms with van der Waals surface area (Å²) in [5.74, 6) is 0.610. The second-order valence-corrected chi connectivity index (χ2v) is 5.32. The van der Waals surface area contributed by atoms with Crippen LogP contribution >= 0.6 is 0 Å². The molecule has 1 amide bonds. The number of nitrogens with zero attached hydrogens (tertiary/aromatic N) is 4. The molecule has 0 aliphatic carbocycles. The highest BCUT2D eigenvalue weighted by atomic mass is 16.1. The molecule has 6 heteroatoms. The maximum absolute atomic E-state index is 12.0. The number of amides is 1. The first-order chi connectivity index (χ1) is 10.8. The zero-order valence-corrected chi connectivity index (χ0v) is 12.4. The van der Waals surface area contributed by atoms with Crippen molar-refractivity contribution in [2.75, 3.05) is 18.0 Å². The number of aromatic nitrogens is 3. The maximum atomic E-state index is 12.0. The van der Waals surface area contributed by atoms with Gasteiger partial charge in [-0.05, 0) is 37.5 Å². The van der Waals surface area contributed by atoms with E-state index < -0.39 is 0 Å². The van der Waals surface area contributed by atoms with E-state index in [4.69, 9.17) is 0 Å². The predicted octanol–water partition coefficient (Wildman–Crippen LogP) is 1.79. The zero-order chi connectivity index (χ0) is 15.2. The average molecular weight is 297 g/mol. The molecule has 22 heavy (non-hydrogen) atoms. The number of hydrogen-bond donors (Lipinski definition) is 1. The van der Waals surface area contributed by atoms with Crippen LogP contribution in [0.4, 0.5) is 5.95 Å². The molecular formula is C16H19N5O. The number of pyridine rings is 1. The molecule has 0 radical (unpaired) electrons. The van der Waals surface area contributed by atoms with Crippen molar-refractivity contribution >= 4 is 11.9 Å². The lowest BCUT2D eigenvalue weighted by molar-refractivity contribution is 0.0950. The molecule has 3 heterocycles. The number of anilines is 1. The lowest BCUT2D eigenvalue weighted by Crippen LogP contribution is -2.31. The highest BCUT2D eigenvalue weighted by molar-refractivity contribution is 5.93. The summed E-state index contributed by atoms with van der Waals surface area (Å²) in [5.41, 5.74) is 1.36. The number of piperidine rings is 1. The van der Waals surface area contributed by atoms with Gasteiger partial charge in [-0.2, -0.15) is 0 Å². The van der Waals surface area contributed by atoms with Gasteiger partial charge in [0.25, 0.3) is 5.91 Å². The number of nitrogens with one attached hydrogen (secondary N) is 1. The van der Waals surface area contributed by atoms with E-state index in [0.29, 0.717) is 12.1 Å². The predicted molar refractivity (Wildman–Crippen MR) is 83.5 cm³/mol. The lowest BCUT2D eigenvalue weighted by Gasteiger charge is -2.26. The van der Waals surface area contributed by atoms with Crippen molar-refractivity contribution < 1.29 is 4.79 Å². The van der Waals surface area contributed by atoms with Crippen LogP contribution in [0.25, 0.3) is 0 Å². The molecule has 114 valence electrons. The Morgan fingerprint density at radius 3 is 2.82 bits per heavy atom. The highest BCUT2D eigenvalue weighted by Crippen LogP contribution is 2.15. The first-order valence-electron chi connectivity index (χ1n) is 7.58. The molecule has 2 aromatic heterocycles. The Kier molecular flexibility index (Phi) is 4.58. The minimum Gasteiger partial charge on any atom is -0.346 e. The topological polar surface area (TPSA) is 71.0 Å². The smallest absolute Gasteiger partial charge is 0.253 e. The zero-order valence-electron chi connectivity index (χ0n) is 12.4. The van der Waals surface area contributed by atoms with E-state index in [1.165, 1.54) is 19.3 Å². The first kappa shape index (κ1) is 14.4. The lowest BCUT2D eigenvalue weighted by atomic mass is 10.1. The van der Waals surface area contributed by atoms with Crippen molar-refractivity contribution in [1.82, 2.24) is 20.3 Å². The van der Waals surface area contributed by atoms with Gasteiger partial charge >= 0.3 is 0 Å². The molecule has 6 nitrogen and oxygen atoms in total. The Balaban J connectivity index is 1.62. The Morgan fingerprint density at radius 1 is 1.18 bits per heavy atom. The van der Waals surface area contributed by atoms with Crippen LogP contribution in [-0.2, 0) is 6.54 Å². The number of carbonyl (C=O) groups is 1. The fourth-order valence-electron chi connectivity index (χ4n) is 2.50. The standard InChI is InChI=1S/C16H19N5O/c22-15(13-5-4-7-17-11-13)19-12-14-6-8-18-16(20-14)21-9-2-1-3-10-21/h4-8,11H,1-3,9-10,12H2,(H,19,22). The van der Waals surface area contributed by atoms with Crippen molar-refractivity contribution in [1.29, 1.82) is 0 Å². The molecule has 1 fully saturated rings. The fraction of sp³-hybridized carbons (Fsp3) is 0.375. The average Bonchev–Trinajstić information content (AvgIpc) is 2.61. The Morgan fingerprint density at radius 2 is 2.05 bits per heavy atom. The van der Waals surface area contributed by atoms with Gasteiger partial charge in [-0.15, -0.1) is 0 Å². The van der Waals surface area contributed by atoms with Crippen LogP contribution in [-0.4, -0.2) is 33.9 Å². The van der Waals surface area contributed by atoms with E-state index in [1.807, 2.05) is 6.07 Å². The van der Waals surface area contributed by atoms with Gasteiger partial charge in [0.05, 0.1) is 17.8 Å². The molecule has 0 aromatic carbocycles. The van der Waals surface area contributed by atoms with Crippen LogP contribution in [0.15, 0.2) is 36.8 Å². The number of hydrogen-bond acceptors (Lipinski definition) is 5. The number of carbonyl (C=O) groups excluding carboxylic acids is 1. The fourth-order valence-corrected chi connectivity index (χ4v) is 2.50. The summed E-state index contributed by atoms with van der Waals surface area (Å²) in [6.07, 6.45) is 8.59. The molecule has 1 saturated heterocycles. The van der Waals surface area contributed by atoms with Crippen LogP contribution in [0.1, 0.15) is 35.3 Å². The van der Waals surface area contributed by atoms with Crippen molar-refractivity contribution in [2.24, 2.45) is 0 Å². The SMILES string of the molecule is O=C(NCc1ccnc(N2CCCCC2)n1)c1cccnc1. The summed E-state index contributed by atoms with van der Waals surface area (Å²) < 4.78 is 0. The summed E-state index contributed by atoms with van der Waals surface area (Å²) in [6.45, 7) is 2.40. The summed E-state index contributed by atoms with van der Waals surface area (Å²) in [6, 6.07) is 5.31. The second-order valence-electron chi connectivity index (χ2n) is 5.32. The minimum atomic E-state index is -0.147. The third-order valence-corrected chi connectivity index (χ3v) is 3.69. The van der Waals surface area contributed by atoms with Crippen molar-refractivity contribution in [3.8, 4) is 0 Å². The Hall–Kier alpha value is -2.50. The molecule has 1 aliphatic rings. The first-order valence-corrected chi connectivity index (χ1v) is 7.58. The maximum Gasteiger partial charge on any atom is 0.253 e. The summed E-state index contributed by atoms with van der Waals surface area (Å²) in [5, 5.41) is 2.86. The second kappa shape index (κ2) is 6.98. The molecule has 0 saturated carbocycles. The largest absolute Gasteiger partial charge is 0.346 e. The van der Waals surface area contributed by atoms with Gasteiger partial charge in [-0.25, -0.2) is 9.97 Å². The van der Waals surface area contributed by atoms with Gasteiger partial charge in [-0.1, -0.05) is 0 Å². The molecule has 0 spiro atoms. The van der Waals surface area contributed by atoms with Gasteiger partial charge < -0.3 is 10.2 Å². The van der Waals surface area contributed by atoms with Crippen LogP contribution in [0, 0.1) is 0 Å². The Labute approximate surface area is 129 Å². The molecule has 2 aromatic rings. The van der Waals surface area contributed by atoms with E-state index >= 15 is 0 Å². The van der Waals surface area contributed by atoms with Crippen LogP contribution < -0.4 is 10.2 Å². The highest BCUT2D eigenvalue weighted by Gasteiger charge is 2.14. The van der Waals surface area contributed by atoms with E-state index in [1.54, 1.807) is 30.7 Å². The van der Waals surface area contributed by atoms with Crippen LogP contribution in [0.3, 0.4) is 0 Å². The van der Waals surface area contributed by atoms with Gasteiger partial charge in [0.15, 0.2) is 0 Å². The van der Waals surface area contributed by atoms with Crippen molar-refractivity contribution in [3.05, 3.63) is 48.0 Å². The normalized spacial score (nSPS) is 14.6. The number of rotatable bonds is 4. The van der Waals surface area contributed by atoms with Gasteiger partial charge in [0, 0.05) is 31.7 Å². The van der Waals surface area contributed by atoms with Crippen LogP contribution in [0.5, 0.6) is 0 Å². The van der Waals surface area contributed by atoms with Crippen LogP contribution in [0.2, 0.25) is 0 Å². The summed E-state index contributed by atoms with van der Waals surface area (Å²) >= 11 is 0. The van der Waals surface area contributed by atoms with E-state index in [9.17, 15) is 4.79 Å². The molecular weight excluding hydrogens is 278 g/mol. The molecule has 0 bridgehead atoms. The summed E-state index contributed by atoms with van der Waals surface area (Å²) in [4.78, 5) is 27.0. The minimum absolute atomic E-state index is 0.147. The van der Waals surface area contributed by atoms with Gasteiger partial charge in [-0.3, -0.25) is 9.78 Å². The molecule has 0 unspecified atom stereocenters. The van der Waals surface area contributed by atoms with Crippen molar-refractivity contribution in [3.63, 3.8) is 0 Å². The van der Waals surface area contributed by atoms with E-state index in [-0.39, 0.29) is 5.91 Å². The quantitative estimate of drug-likeness (QED) is 0.931. The summed E-state index contributed by atoms with van der Waals surface area (Å²) in [7, 11) is 0. The molecule has 1 aliphatic heterocycles. The van der Waals surface area contributed by atoms with Crippen molar-refractivity contribution in [2.45, 2.75) is 25.8 Å².